The highest BCUT2D eigenvalue weighted by Gasteiger charge is 2.42. The Morgan fingerprint density at radius 2 is 1.74 bits per heavy atom. The van der Waals surface area contributed by atoms with Gasteiger partial charge in [0.25, 0.3) is 0 Å². The molecule has 3 atom stereocenters. The molecule has 0 unspecified atom stereocenters. The number of carbonyl (C=O) groups excluding carboxylic acids is 3. The lowest BCUT2D eigenvalue weighted by molar-refractivity contribution is -0.140. The summed E-state index contributed by atoms with van der Waals surface area (Å²) in [6.07, 6.45) is 3.85. The second kappa shape index (κ2) is 16.7. The Morgan fingerprint density at radius 1 is 1.04 bits per heavy atom. The Bertz CT molecular complexity index is 1470. The van der Waals surface area contributed by atoms with E-state index in [1.807, 2.05) is 37.3 Å². The van der Waals surface area contributed by atoms with Crippen LogP contribution >= 0.6 is 11.6 Å². The molecule has 0 bridgehead atoms. The summed E-state index contributed by atoms with van der Waals surface area (Å²) in [5.41, 5.74) is 3.64. The van der Waals surface area contributed by atoms with Crippen LogP contribution in [0.25, 0.3) is 0 Å². The summed E-state index contributed by atoms with van der Waals surface area (Å²) >= 11 is 6.02. The second-order valence-corrected chi connectivity index (χ2v) is 14.6. The van der Waals surface area contributed by atoms with Crippen molar-refractivity contribution in [2.75, 3.05) is 25.9 Å². The molecular formula is C33H46ClN5O6S. The molecule has 4 N–H and O–H groups in total. The van der Waals surface area contributed by atoms with E-state index < -0.39 is 34.1 Å². The van der Waals surface area contributed by atoms with E-state index in [1.165, 1.54) is 11.8 Å². The molecule has 11 nitrogen and oxygen atoms in total. The topological polar surface area (TPSA) is 146 Å². The average Bonchev–Trinajstić information content (AvgIpc) is 3.45. The number of piperidine rings is 1. The van der Waals surface area contributed by atoms with E-state index in [2.05, 4.69) is 20.7 Å². The SMILES string of the molecule is CC(=O)NCc1ccc(C)cc1CNC(=O)[C@@H]1C[C@@H](OCc2ccc(Cl)cc2)CN1C(=O)[C@@H](CCC1CCNCC1)NS(C)(=O)=O. The zero-order valence-corrected chi connectivity index (χ0v) is 28.4. The van der Waals surface area contributed by atoms with Gasteiger partial charge in [-0.05, 0) is 80.4 Å². The monoisotopic (exact) mass is 675 g/mol. The van der Waals surface area contributed by atoms with E-state index in [9.17, 15) is 22.8 Å². The summed E-state index contributed by atoms with van der Waals surface area (Å²) in [4.78, 5) is 40.9. The fourth-order valence-corrected chi connectivity index (χ4v) is 6.94. The molecule has 0 spiro atoms. The number of likely N-dealkylation sites (tertiary alicyclic amines) is 1. The van der Waals surface area contributed by atoms with Crippen LogP contribution in [0.4, 0.5) is 0 Å². The minimum Gasteiger partial charge on any atom is -0.372 e. The number of halogens is 1. The first-order chi connectivity index (χ1) is 21.9. The fourth-order valence-electron chi connectivity index (χ4n) is 6.08. The van der Waals surface area contributed by atoms with Crippen molar-refractivity contribution >= 4 is 39.3 Å². The maximum Gasteiger partial charge on any atom is 0.243 e. The molecule has 2 heterocycles. The van der Waals surface area contributed by atoms with Crippen LogP contribution in [0.1, 0.15) is 61.3 Å². The van der Waals surface area contributed by atoms with Crippen molar-refractivity contribution in [2.24, 2.45) is 5.92 Å². The quantitative estimate of drug-likeness (QED) is 0.241. The normalized spacial score (nSPS) is 19.5. The molecule has 3 amide bonds. The number of nitrogens with zero attached hydrogens (tertiary/aromatic N) is 1. The third kappa shape index (κ3) is 11.0. The molecule has 2 aliphatic rings. The zero-order valence-electron chi connectivity index (χ0n) is 26.8. The highest BCUT2D eigenvalue weighted by atomic mass is 35.5. The van der Waals surface area contributed by atoms with E-state index in [0.717, 1.165) is 54.4 Å². The molecule has 0 saturated carbocycles. The summed E-state index contributed by atoms with van der Waals surface area (Å²) < 4.78 is 33.4. The van der Waals surface area contributed by atoms with Crippen LogP contribution < -0.4 is 20.7 Å². The first-order valence-electron chi connectivity index (χ1n) is 15.8. The number of nitrogens with one attached hydrogen (secondary N) is 4. The summed E-state index contributed by atoms with van der Waals surface area (Å²) in [5, 5.41) is 9.73. The van der Waals surface area contributed by atoms with Crippen molar-refractivity contribution < 1.29 is 27.5 Å². The van der Waals surface area contributed by atoms with Gasteiger partial charge in [-0.3, -0.25) is 14.4 Å². The van der Waals surface area contributed by atoms with Crippen LogP contribution in [-0.4, -0.2) is 75.1 Å². The highest BCUT2D eigenvalue weighted by Crippen LogP contribution is 2.26. The van der Waals surface area contributed by atoms with E-state index in [4.69, 9.17) is 16.3 Å². The van der Waals surface area contributed by atoms with Crippen LogP contribution in [0.2, 0.25) is 5.02 Å². The Hall–Kier alpha value is -3.03. The van der Waals surface area contributed by atoms with Gasteiger partial charge in [0.05, 0.1) is 19.0 Å². The maximum absolute atomic E-state index is 14.1. The van der Waals surface area contributed by atoms with Crippen LogP contribution in [-0.2, 0) is 48.8 Å². The third-order valence-electron chi connectivity index (χ3n) is 8.57. The molecule has 2 aliphatic heterocycles. The van der Waals surface area contributed by atoms with Crippen molar-refractivity contribution in [1.29, 1.82) is 0 Å². The van der Waals surface area contributed by atoms with E-state index >= 15 is 0 Å². The van der Waals surface area contributed by atoms with Crippen molar-refractivity contribution in [1.82, 2.24) is 25.6 Å². The van der Waals surface area contributed by atoms with Crippen LogP contribution in [0.15, 0.2) is 42.5 Å². The lowest BCUT2D eigenvalue weighted by Crippen LogP contribution is -2.53. The van der Waals surface area contributed by atoms with E-state index in [0.29, 0.717) is 30.3 Å². The zero-order chi connectivity index (χ0) is 33.3. The molecule has 0 aliphatic carbocycles. The van der Waals surface area contributed by atoms with Gasteiger partial charge in [-0.25, -0.2) is 13.1 Å². The minimum atomic E-state index is -3.70. The summed E-state index contributed by atoms with van der Waals surface area (Å²) in [5.74, 6) is -0.543. The van der Waals surface area contributed by atoms with Crippen molar-refractivity contribution in [2.45, 2.75) is 83.8 Å². The van der Waals surface area contributed by atoms with Crippen LogP contribution in [0.5, 0.6) is 0 Å². The number of sulfonamides is 1. The smallest absolute Gasteiger partial charge is 0.243 e. The molecule has 2 aromatic carbocycles. The van der Waals surface area contributed by atoms with Gasteiger partial charge in [0.1, 0.15) is 12.1 Å². The largest absolute Gasteiger partial charge is 0.372 e. The van der Waals surface area contributed by atoms with Gasteiger partial charge in [-0.1, -0.05) is 47.5 Å². The molecule has 46 heavy (non-hydrogen) atoms. The van der Waals surface area contributed by atoms with Crippen LogP contribution in [0.3, 0.4) is 0 Å². The first kappa shape index (κ1) is 35.8. The molecule has 4 rings (SSSR count). The number of amides is 3. The van der Waals surface area contributed by atoms with Crippen LogP contribution in [0, 0.1) is 12.8 Å². The van der Waals surface area contributed by atoms with Crippen molar-refractivity contribution in [3.05, 3.63) is 69.7 Å². The molecule has 2 aromatic rings. The van der Waals surface area contributed by atoms with Gasteiger partial charge in [0.15, 0.2) is 0 Å². The first-order valence-corrected chi connectivity index (χ1v) is 18.1. The number of hydrogen-bond donors (Lipinski definition) is 4. The number of aryl methyl sites for hydroxylation is 1. The molecule has 252 valence electrons. The molecule has 2 fully saturated rings. The highest BCUT2D eigenvalue weighted by molar-refractivity contribution is 7.88. The summed E-state index contributed by atoms with van der Waals surface area (Å²) in [6, 6.07) is 11.2. The Kier molecular flexibility index (Phi) is 13.0. The van der Waals surface area contributed by atoms with Gasteiger partial charge in [-0.2, -0.15) is 0 Å². The van der Waals surface area contributed by atoms with E-state index in [-0.39, 0.29) is 37.9 Å². The van der Waals surface area contributed by atoms with Gasteiger partial charge in [-0.15, -0.1) is 0 Å². The minimum absolute atomic E-state index is 0.151. The number of ether oxygens (including phenoxy) is 1. The van der Waals surface area contributed by atoms with Gasteiger partial charge >= 0.3 is 0 Å². The van der Waals surface area contributed by atoms with Gasteiger partial charge in [0.2, 0.25) is 27.7 Å². The lowest BCUT2D eigenvalue weighted by atomic mass is 9.91. The summed E-state index contributed by atoms with van der Waals surface area (Å²) in [7, 11) is -3.70. The molecule has 13 heteroatoms. The Morgan fingerprint density at radius 3 is 2.41 bits per heavy atom. The maximum atomic E-state index is 14.1. The number of carbonyl (C=O) groups is 3. The molecule has 0 aromatic heterocycles. The third-order valence-corrected chi connectivity index (χ3v) is 9.53. The van der Waals surface area contributed by atoms with Gasteiger partial charge < -0.3 is 25.6 Å². The number of benzene rings is 2. The van der Waals surface area contributed by atoms with Gasteiger partial charge in [0, 0.05) is 38.0 Å². The van der Waals surface area contributed by atoms with Crippen molar-refractivity contribution in [3.63, 3.8) is 0 Å². The predicted molar refractivity (Wildman–Crippen MR) is 177 cm³/mol. The fraction of sp³-hybridized carbons (Fsp3) is 0.545. The lowest BCUT2D eigenvalue weighted by Gasteiger charge is -2.30. The molecular weight excluding hydrogens is 630 g/mol. The molecule has 2 saturated heterocycles. The molecule has 0 radical (unpaired) electrons. The summed E-state index contributed by atoms with van der Waals surface area (Å²) in [6.45, 7) is 6.15. The predicted octanol–water partition coefficient (Wildman–Crippen LogP) is 2.78. The van der Waals surface area contributed by atoms with E-state index in [1.54, 1.807) is 12.1 Å². The Balaban J connectivity index is 1.51. The van der Waals surface area contributed by atoms with Crippen molar-refractivity contribution in [3.8, 4) is 0 Å². The second-order valence-electron chi connectivity index (χ2n) is 12.4. The average molecular weight is 676 g/mol. The standard InChI is InChI=1S/C33H46ClN5O6S/c1-22-4-8-26(18-36-23(2)40)27(16-22)19-37-32(41)31-17-29(45-21-25-5-9-28(34)10-6-25)20-39(31)33(42)30(38-46(3,43)44)11-7-24-12-14-35-15-13-24/h4-6,8-10,16,24,29-31,35,38H,7,11-15,17-21H2,1-3H3,(H,36,40)(H,37,41)/t29-,30-,31+/m1/s1. The Labute approximate surface area is 277 Å². The number of hydrogen-bond acceptors (Lipinski definition) is 7. The number of rotatable bonds is 14.